The number of nitrogens with zero attached hydrogens (tertiary/aromatic N) is 2. The zero-order valence-electron chi connectivity index (χ0n) is 9.92. The highest BCUT2D eigenvalue weighted by Crippen LogP contribution is 2.32. The molecule has 98 valence electrons. The van der Waals surface area contributed by atoms with Crippen LogP contribution in [0.25, 0.3) is 0 Å². The number of anilines is 1. The molecule has 2 aliphatic heterocycles. The number of ether oxygens (including phenoxy) is 2. The molecule has 6 nitrogen and oxygen atoms in total. The van der Waals surface area contributed by atoms with E-state index in [4.69, 9.17) is 9.47 Å². The van der Waals surface area contributed by atoms with E-state index < -0.39 is 0 Å². The van der Waals surface area contributed by atoms with Crippen molar-refractivity contribution in [2.45, 2.75) is 37.9 Å². The summed E-state index contributed by atoms with van der Waals surface area (Å²) in [5.41, 5.74) is 0. The van der Waals surface area contributed by atoms with E-state index in [9.17, 15) is 4.79 Å². The minimum atomic E-state index is -0.333. The van der Waals surface area contributed by atoms with Gasteiger partial charge in [-0.25, -0.2) is 0 Å². The lowest BCUT2D eigenvalue weighted by molar-refractivity contribution is -0.124. The van der Waals surface area contributed by atoms with E-state index in [1.807, 2.05) is 0 Å². The third-order valence-electron chi connectivity index (χ3n) is 3.10. The molecule has 3 heterocycles. The molecule has 1 aromatic heterocycles. The maximum atomic E-state index is 11.8. The van der Waals surface area contributed by atoms with Crippen molar-refractivity contribution < 1.29 is 14.3 Å². The first-order chi connectivity index (χ1) is 8.83. The predicted octanol–water partition coefficient (Wildman–Crippen LogP) is 1.51. The fourth-order valence-corrected chi connectivity index (χ4v) is 2.99. The van der Waals surface area contributed by atoms with Gasteiger partial charge in [0, 0.05) is 13.2 Å². The largest absolute Gasteiger partial charge is 0.371 e. The summed E-state index contributed by atoms with van der Waals surface area (Å²) in [5, 5.41) is 12.2. The standard InChI is InChI=1S/C11H15N3O3S/c15-9(7-3-1-5-16-7)12-11-14-13-10(18-11)8-4-2-6-17-8/h7-8H,1-6H2,(H,12,14,15)/t7-,8+/m0/s1. The van der Waals surface area contributed by atoms with Gasteiger partial charge in [0.05, 0.1) is 0 Å². The quantitative estimate of drug-likeness (QED) is 0.900. The van der Waals surface area contributed by atoms with Crippen molar-refractivity contribution in [3.63, 3.8) is 0 Å². The van der Waals surface area contributed by atoms with E-state index in [1.165, 1.54) is 11.3 Å². The first kappa shape index (κ1) is 12.0. The highest BCUT2D eigenvalue weighted by atomic mass is 32.1. The van der Waals surface area contributed by atoms with Crippen LogP contribution in [-0.2, 0) is 14.3 Å². The molecule has 1 amide bonds. The molecule has 0 saturated carbocycles. The minimum absolute atomic E-state index is 0.0517. The van der Waals surface area contributed by atoms with E-state index in [0.29, 0.717) is 11.7 Å². The molecule has 0 bridgehead atoms. The predicted molar refractivity (Wildman–Crippen MR) is 65.4 cm³/mol. The van der Waals surface area contributed by atoms with Gasteiger partial charge >= 0.3 is 0 Å². The number of aromatic nitrogens is 2. The summed E-state index contributed by atoms with van der Waals surface area (Å²) in [6.07, 6.45) is 3.48. The van der Waals surface area contributed by atoms with Crippen LogP contribution >= 0.6 is 11.3 Å². The molecule has 0 unspecified atom stereocenters. The number of amides is 1. The van der Waals surface area contributed by atoms with Crippen molar-refractivity contribution in [2.75, 3.05) is 18.5 Å². The van der Waals surface area contributed by atoms with Crippen LogP contribution in [-0.4, -0.2) is 35.4 Å². The fraction of sp³-hybridized carbons (Fsp3) is 0.727. The number of carbonyl (C=O) groups excluding carboxylic acids is 1. The van der Waals surface area contributed by atoms with Crippen molar-refractivity contribution >= 4 is 22.4 Å². The van der Waals surface area contributed by atoms with Gasteiger partial charge < -0.3 is 9.47 Å². The summed E-state index contributed by atoms with van der Waals surface area (Å²) < 4.78 is 10.8. The van der Waals surface area contributed by atoms with E-state index in [2.05, 4.69) is 15.5 Å². The number of rotatable bonds is 3. The lowest BCUT2D eigenvalue weighted by Crippen LogP contribution is -2.26. The zero-order valence-corrected chi connectivity index (χ0v) is 10.7. The highest BCUT2D eigenvalue weighted by molar-refractivity contribution is 7.15. The van der Waals surface area contributed by atoms with Gasteiger partial charge in [0.25, 0.3) is 5.91 Å². The van der Waals surface area contributed by atoms with Gasteiger partial charge in [0.1, 0.15) is 17.2 Å². The third kappa shape index (κ3) is 2.52. The maximum Gasteiger partial charge on any atom is 0.255 e. The van der Waals surface area contributed by atoms with Crippen molar-refractivity contribution in [3.05, 3.63) is 5.01 Å². The molecule has 3 rings (SSSR count). The van der Waals surface area contributed by atoms with Crippen LogP contribution in [0.1, 0.15) is 36.8 Å². The smallest absolute Gasteiger partial charge is 0.255 e. The summed E-state index contributed by atoms with van der Waals surface area (Å²) in [5.74, 6) is -0.123. The summed E-state index contributed by atoms with van der Waals surface area (Å²) >= 11 is 1.38. The Morgan fingerprint density at radius 1 is 1.22 bits per heavy atom. The Morgan fingerprint density at radius 3 is 2.78 bits per heavy atom. The van der Waals surface area contributed by atoms with Crippen LogP contribution < -0.4 is 5.32 Å². The molecule has 0 aliphatic carbocycles. The molecule has 18 heavy (non-hydrogen) atoms. The van der Waals surface area contributed by atoms with Crippen molar-refractivity contribution in [1.29, 1.82) is 0 Å². The van der Waals surface area contributed by atoms with Crippen LogP contribution in [0.2, 0.25) is 0 Å². The van der Waals surface area contributed by atoms with Crippen LogP contribution in [0, 0.1) is 0 Å². The fourth-order valence-electron chi connectivity index (χ4n) is 2.16. The topological polar surface area (TPSA) is 73.3 Å². The Labute approximate surface area is 109 Å². The number of hydrogen-bond donors (Lipinski definition) is 1. The normalized spacial score (nSPS) is 27.6. The van der Waals surface area contributed by atoms with Crippen LogP contribution in [0.15, 0.2) is 0 Å². The first-order valence-electron chi connectivity index (χ1n) is 6.20. The second-order valence-electron chi connectivity index (χ2n) is 4.44. The molecule has 7 heteroatoms. The Hall–Kier alpha value is -1.05. The maximum absolute atomic E-state index is 11.8. The molecule has 0 aromatic carbocycles. The average Bonchev–Trinajstić information content (AvgIpc) is 3.12. The molecule has 2 aliphatic rings. The van der Waals surface area contributed by atoms with Gasteiger partial charge in [-0.1, -0.05) is 11.3 Å². The van der Waals surface area contributed by atoms with Gasteiger partial charge in [-0.3, -0.25) is 10.1 Å². The Morgan fingerprint density at radius 2 is 2.06 bits per heavy atom. The van der Waals surface area contributed by atoms with E-state index in [-0.39, 0.29) is 18.1 Å². The van der Waals surface area contributed by atoms with E-state index >= 15 is 0 Å². The van der Waals surface area contributed by atoms with Gasteiger partial charge in [0.15, 0.2) is 0 Å². The van der Waals surface area contributed by atoms with Crippen LogP contribution in [0.5, 0.6) is 0 Å². The highest BCUT2D eigenvalue weighted by Gasteiger charge is 2.26. The van der Waals surface area contributed by atoms with Crippen LogP contribution in [0.3, 0.4) is 0 Å². The first-order valence-corrected chi connectivity index (χ1v) is 7.02. The molecule has 2 saturated heterocycles. The molecule has 1 N–H and O–H groups in total. The van der Waals surface area contributed by atoms with E-state index in [0.717, 1.165) is 37.3 Å². The lowest BCUT2D eigenvalue weighted by Gasteiger charge is -2.07. The van der Waals surface area contributed by atoms with Gasteiger partial charge in [-0.15, -0.1) is 10.2 Å². The SMILES string of the molecule is O=C(Nc1nnc([C@H]2CCCO2)s1)[C@@H]1CCCO1. The number of hydrogen-bond acceptors (Lipinski definition) is 6. The Bertz CT molecular complexity index is 425. The molecule has 2 fully saturated rings. The summed E-state index contributed by atoms with van der Waals surface area (Å²) in [4.78, 5) is 11.8. The van der Waals surface area contributed by atoms with Gasteiger partial charge in [-0.2, -0.15) is 0 Å². The molecule has 1 aromatic rings. The zero-order chi connectivity index (χ0) is 12.4. The number of nitrogens with one attached hydrogen (secondary N) is 1. The third-order valence-corrected chi connectivity index (χ3v) is 4.03. The molecule has 2 atom stereocenters. The second-order valence-corrected chi connectivity index (χ2v) is 5.45. The Balaban J connectivity index is 1.60. The summed E-state index contributed by atoms with van der Waals surface area (Å²) in [6, 6.07) is 0. The summed E-state index contributed by atoms with van der Waals surface area (Å²) in [7, 11) is 0. The van der Waals surface area contributed by atoms with Gasteiger partial charge in [0.2, 0.25) is 5.13 Å². The molecular weight excluding hydrogens is 254 g/mol. The average molecular weight is 269 g/mol. The Kier molecular flexibility index (Phi) is 3.53. The molecular formula is C11H15N3O3S. The van der Waals surface area contributed by atoms with Crippen molar-refractivity contribution in [2.24, 2.45) is 0 Å². The van der Waals surface area contributed by atoms with Crippen LogP contribution in [0.4, 0.5) is 5.13 Å². The lowest BCUT2D eigenvalue weighted by atomic mass is 10.2. The van der Waals surface area contributed by atoms with E-state index in [1.54, 1.807) is 0 Å². The number of carbonyl (C=O) groups is 1. The van der Waals surface area contributed by atoms with Gasteiger partial charge in [-0.05, 0) is 25.7 Å². The summed E-state index contributed by atoms with van der Waals surface area (Å²) in [6.45, 7) is 1.44. The van der Waals surface area contributed by atoms with Crippen molar-refractivity contribution in [3.8, 4) is 0 Å². The van der Waals surface area contributed by atoms with Crippen molar-refractivity contribution in [1.82, 2.24) is 10.2 Å². The molecule has 0 spiro atoms. The molecule has 0 radical (unpaired) electrons. The second kappa shape index (κ2) is 5.29. The minimum Gasteiger partial charge on any atom is -0.371 e. The monoisotopic (exact) mass is 269 g/mol.